The zero-order chi connectivity index (χ0) is 21.1. The molecule has 0 unspecified atom stereocenters. The summed E-state index contributed by atoms with van der Waals surface area (Å²) in [7, 11) is 3.57. The molecule has 0 saturated carbocycles. The Kier molecular flexibility index (Phi) is 6.24. The van der Waals surface area contributed by atoms with Crippen molar-refractivity contribution in [3.8, 4) is 0 Å². The summed E-state index contributed by atoms with van der Waals surface area (Å²) in [4.78, 5) is 33.0. The van der Waals surface area contributed by atoms with Crippen LogP contribution in [0.15, 0.2) is 30.5 Å². The minimum atomic E-state index is 0.0582. The maximum atomic E-state index is 12.8. The zero-order valence-electron chi connectivity index (χ0n) is 17.9. The molecule has 2 saturated heterocycles. The van der Waals surface area contributed by atoms with E-state index in [0.717, 1.165) is 62.8 Å². The number of fused-ring (bicyclic) bond motifs is 1. The Labute approximate surface area is 177 Å². The first kappa shape index (κ1) is 20.7. The van der Waals surface area contributed by atoms with E-state index in [1.807, 2.05) is 23.2 Å². The molecule has 0 atom stereocenters. The van der Waals surface area contributed by atoms with Crippen molar-refractivity contribution < 1.29 is 14.3 Å². The summed E-state index contributed by atoms with van der Waals surface area (Å²) >= 11 is 0. The molecule has 0 aromatic carbocycles. The molecule has 0 aliphatic carbocycles. The molecule has 2 aliphatic rings. The first-order valence-corrected chi connectivity index (χ1v) is 10.7. The van der Waals surface area contributed by atoms with Crippen LogP contribution in [-0.4, -0.2) is 104 Å². The molecule has 2 amide bonds. The predicted molar refractivity (Wildman–Crippen MR) is 116 cm³/mol. The van der Waals surface area contributed by atoms with Crippen molar-refractivity contribution in [1.29, 1.82) is 0 Å². The standard InChI is InChI=1S/C22H31N5O3/c1-23(2)22(29)26-11-9-25(10-12-26)21-6-5-19-4-3-18(17-27(19)21)20(28)7-8-24-13-15-30-16-14-24/h3-6,17H,7-16H2,1-2H3. The van der Waals surface area contributed by atoms with Crippen LogP contribution in [0.3, 0.4) is 0 Å². The van der Waals surface area contributed by atoms with E-state index in [-0.39, 0.29) is 11.8 Å². The van der Waals surface area contributed by atoms with Crippen LogP contribution in [-0.2, 0) is 4.74 Å². The Morgan fingerprint density at radius 3 is 2.37 bits per heavy atom. The van der Waals surface area contributed by atoms with Gasteiger partial charge in [-0.05, 0) is 24.3 Å². The highest BCUT2D eigenvalue weighted by atomic mass is 16.5. The van der Waals surface area contributed by atoms with Gasteiger partial charge in [0, 0.05) is 83.6 Å². The number of aromatic nitrogens is 1. The molecule has 8 heteroatoms. The van der Waals surface area contributed by atoms with Crippen molar-refractivity contribution in [2.45, 2.75) is 6.42 Å². The third-order valence-corrected chi connectivity index (χ3v) is 5.97. The molecule has 2 aromatic heterocycles. The quantitative estimate of drug-likeness (QED) is 0.698. The maximum absolute atomic E-state index is 12.8. The number of hydrogen-bond acceptors (Lipinski definition) is 5. The smallest absolute Gasteiger partial charge is 0.319 e. The topological polar surface area (TPSA) is 60.7 Å². The van der Waals surface area contributed by atoms with E-state index in [1.165, 1.54) is 0 Å². The second-order valence-corrected chi connectivity index (χ2v) is 8.18. The summed E-state index contributed by atoms with van der Waals surface area (Å²) in [5.41, 5.74) is 1.82. The van der Waals surface area contributed by atoms with Gasteiger partial charge in [0.05, 0.1) is 13.2 Å². The number of hydrogen-bond donors (Lipinski definition) is 0. The number of amides is 2. The number of Topliss-reactive ketones (excluding diaryl/α,β-unsaturated/α-hetero) is 1. The zero-order valence-corrected chi connectivity index (χ0v) is 17.9. The molecule has 8 nitrogen and oxygen atoms in total. The highest BCUT2D eigenvalue weighted by Gasteiger charge is 2.24. The molecule has 30 heavy (non-hydrogen) atoms. The van der Waals surface area contributed by atoms with E-state index >= 15 is 0 Å². The fraction of sp³-hybridized carbons (Fsp3) is 0.545. The van der Waals surface area contributed by atoms with Crippen LogP contribution in [0.4, 0.5) is 10.6 Å². The number of carbonyl (C=O) groups excluding carboxylic acids is 2. The number of rotatable bonds is 5. The van der Waals surface area contributed by atoms with Crippen molar-refractivity contribution in [3.05, 3.63) is 36.0 Å². The van der Waals surface area contributed by atoms with Crippen molar-refractivity contribution in [1.82, 2.24) is 19.1 Å². The summed E-state index contributed by atoms with van der Waals surface area (Å²) in [6.07, 6.45) is 2.48. The van der Waals surface area contributed by atoms with E-state index < -0.39 is 0 Å². The lowest BCUT2D eigenvalue weighted by molar-refractivity contribution is 0.0370. The predicted octanol–water partition coefficient (Wildman–Crippen LogP) is 1.65. The van der Waals surface area contributed by atoms with Gasteiger partial charge >= 0.3 is 6.03 Å². The van der Waals surface area contributed by atoms with Crippen LogP contribution in [0.25, 0.3) is 5.52 Å². The number of carbonyl (C=O) groups is 2. The third-order valence-electron chi connectivity index (χ3n) is 5.97. The van der Waals surface area contributed by atoms with Crippen LogP contribution >= 0.6 is 0 Å². The van der Waals surface area contributed by atoms with E-state index in [1.54, 1.807) is 19.0 Å². The van der Waals surface area contributed by atoms with Gasteiger partial charge < -0.3 is 23.8 Å². The Balaban J connectivity index is 1.43. The number of piperazine rings is 1. The van der Waals surface area contributed by atoms with Crippen LogP contribution in [0.2, 0.25) is 0 Å². The van der Waals surface area contributed by atoms with E-state index in [4.69, 9.17) is 4.74 Å². The van der Waals surface area contributed by atoms with Crippen LogP contribution in [0.1, 0.15) is 16.8 Å². The number of urea groups is 1. The van der Waals surface area contributed by atoms with Gasteiger partial charge in [-0.1, -0.05) is 0 Å². The van der Waals surface area contributed by atoms with Crippen molar-refractivity contribution >= 4 is 23.1 Å². The van der Waals surface area contributed by atoms with Crippen molar-refractivity contribution in [2.24, 2.45) is 0 Å². The molecular formula is C22H31N5O3. The van der Waals surface area contributed by atoms with Gasteiger partial charge in [-0.3, -0.25) is 9.69 Å². The number of pyridine rings is 1. The number of ether oxygens (including phenoxy) is 1. The highest BCUT2D eigenvalue weighted by Crippen LogP contribution is 2.22. The van der Waals surface area contributed by atoms with E-state index in [9.17, 15) is 9.59 Å². The summed E-state index contributed by atoms with van der Waals surface area (Å²) in [6.45, 7) is 7.03. The molecule has 4 heterocycles. The number of nitrogens with zero attached hydrogens (tertiary/aromatic N) is 5. The average Bonchev–Trinajstić information content (AvgIpc) is 3.21. The van der Waals surface area contributed by atoms with Crippen LogP contribution in [0.5, 0.6) is 0 Å². The van der Waals surface area contributed by atoms with E-state index in [0.29, 0.717) is 19.5 Å². The van der Waals surface area contributed by atoms with Crippen molar-refractivity contribution in [3.63, 3.8) is 0 Å². The van der Waals surface area contributed by atoms with Gasteiger partial charge in [0.15, 0.2) is 5.78 Å². The summed E-state index contributed by atoms with van der Waals surface area (Å²) < 4.78 is 7.48. The third kappa shape index (κ3) is 4.44. The summed E-state index contributed by atoms with van der Waals surface area (Å²) in [6, 6.07) is 8.17. The minimum Gasteiger partial charge on any atom is -0.379 e. The number of morpholine rings is 1. The van der Waals surface area contributed by atoms with Gasteiger partial charge in [-0.15, -0.1) is 0 Å². The fourth-order valence-corrected chi connectivity index (χ4v) is 4.15. The molecule has 0 bridgehead atoms. The van der Waals surface area contributed by atoms with E-state index in [2.05, 4.69) is 26.3 Å². The SMILES string of the molecule is CN(C)C(=O)N1CCN(c2ccc3ccc(C(=O)CCN4CCOCC4)cn23)CC1. The van der Waals surface area contributed by atoms with Gasteiger partial charge in [0.2, 0.25) is 0 Å². The molecule has 0 radical (unpaired) electrons. The van der Waals surface area contributed by atoms with Gasteiger partial charge in [0.25, 0.3) is 0 Å². The average molecular weight is 414 g/mol. The summed E-state index contributed by atoms with van der Waals surface area (Å²) in [5.74, 6) is 1.24. The van der Waals surface area contributed by atoms with Gasteiger partial charge in [0.1, 0.15) is 5.82 Å². The number of ketones is 1. The first-order chi connectivity index (χ1) is 14.5. The monoisotopic (exact) mass is 413 g/mol. The van der Waals surface area contributed by atoms with Crippen LogP contribution < -0.4 is 4.90 Å². The Bertz CT molecular complexity index is 895. The van der Waals surface area contributed by atoms with Gasteiger partial charge in [-0.25, -0.2) is 4.79 Å². The molecule has 4 rings (SSSR count). The van der Waals surface area contributed by atoms with Crippen molar-refractivity contribution in [2.75, 3.05) is 78.0 Å². The Morgan fingerprint density at radius 2 is 1.67 bits per heavy atom. The highest BCUT2D eigenvalue weighted by molar-refractivity contribution is 5.96. The molecule has 2 aromatic rings. The second kappa shape index (κ2) is 9.06. The normalized spacial score (nSPS) is 18.1. The largest absolute Gasteiger partial charge is 0.379 e. The maximum Gasteiger partial charge on any atom is 0.319 e. The second-order valence-electron chi connectivity index (χ2n) is 8.18. The Hall–Kier alpha value is -2.58. The molecular weight excluding hydrogens is 382 g/mol. The Morgan fingerprint density at radius 1 is 0.967 bits per heavy atom. The summed E-state index contributed by atoms with van der Waals surface area (Å²) in [5, 5.41) is 0. The molecule has 2 aliphatic heterocycles. The number of anilines is 1. The molecule has 0 spiro atoms. The minimum absolute atomic E-state index is 0.0582. The lowest BCUT2D eigenvalue weighted by Gasteiger charge is -2.36. The first-order valence-electron chi connectivity index (χ1n) is 10.7. The lowest BCUT2D eigenvalue weighted by atomic mass is 10.1. The van der Waals surface area contributed by atoms with Crippen LogP contribution in [0, 0.1) is 0 Å². The van der Waals surface area contributed by atoms with Gasteiger partial charge in [-0.2, -0.15) is 0 Å². The molecule has 2 fully saturated rings. The molecule has 162 valence electrons. The molecule has 0 N–H and O–H groups in total. The lowest BCUT2D eigenvalue weighted by Crippen LogP contribution is -2.51. The fourth-order valence-electron chi connectivity index (χ4n) is 4.15.